The molecule has 0 aromatic heterocycles. The molecule has 2 aromatic carbocycles. The van der Waals surface area contributed by atoms with Crippen LogP contribution in [0.4, 0.5) is 14.5 Å². The monoisotopic (exact) mass is 502 g/mol. The standard InChI is InChI=1S/C21H21ClF2N2O6S/c1-12(27)32-19-3-2-8-26(11-18(19)28)33(30,31)20-9-13(4-6-17(20)24)21(29)25-14-5-7-16(23)15(22)10-14/h4-7,9-10,18-19,28H,2-3,8,11H2,1H3,(H,25,29)/t18-,19+/m0/s1. The predicted molar refractivity (Wildman–Crippen MR) is 115 cm³/mol. The molecule has 1 aliphatic rings. The van der Waals surface area contributed by atoms with Crippen LogP contribution >= 0.6 is 11.6 Å². The van der Waals surface area contributed by atoms with E-state index >= 15 is 0 Å². The van der Waals surface area contributed by atoms with Gasteiger partial charge < -0.3 is 15.2 Å². The number of esters is 1. The number of anilines is 1. The third kappa shape index (κ3) is 5.85. The number of nitrogens with one attached hydrogen (secondary N) is 1. The molecule has 3 rings (SSSR count). The molecule has 1 aliphatic heterocycles. The molecule has 33 heavy (non-hydrogen) atoms. The molecular weight excluding hydrogens is 482 g/mol. The number of benzene rings is 2. The second kappa shape index (κ2) is 10.1. The number of amides is 1. The van der Waals surface area contributed by atoms with Crippen LogP contribution in [0.1, 0.15) is 30.1 Å². The van der Waals surface area contributed by atoms with E-state index in [0.717, 1.165) is 28.6 Å². The Morgan fingerprint density at radius 1 is 1.18 bits per heavy atom. The van der Waals surface area contributed by atoms with Crippen molar-refractivity contribution in [3.8, 4) is 0 Å². The van der Waals surface area contributed by atoms with E-state index in [1.807, 2.05) is 0 Å². The molecule has 12 heteroatoms. The fourth-order valence-corrected chi connectivity index (χ4v) is 5.17. The van der Waals surface area contributed by atoms with Gasteiger partial charge in [-0.05, 0) is 49.2 Å². The zero-order valence-electron chi connectivity index (χ0n) is 17.4. The molecule has 1 heterocycles. The van der Waals surface area contributed by atoms with Crippen LogP contribution in [-0.2, 0) is 19.6 Å². The lowest BCUT2D eigenvalue weighted by molar-refractivity contribution is -0.152. The van der Waals surface area contributed by atoms with Crippen molar-refractivity contribution in [2.75, 3.05) is 18.4 Å². The van der Waals surface area contributed by atoms with Gasteiger partial charge in [-0.3, -0.25) is 9.59 Å². The molecule has 0 aliphatic carbocycles. The van der Waals surface area contributed by atoms with E-state index in [2.05, 4.69) is 5.32 Å². The molecular formula is C21H21ClF2N2O6S. The van der Waals surface area contributed by atoms with Crippen LogP contribution in [0.15, 0.2) is 41.3 Å². The van der Waals surface area contributed by atoms with Crippen LogP contribution in [0.2, 0.25) is 5.02 Å². The molecule has 1 amide bonds. The predicted octanol–water partition coefficient (Wildman–Crippen LogP) is 2.95. The summed E-state index contributed by atoms with van der Waals surface area (Å²) in [5, 5.41) is 12.5. The number of nitrogens with zero attached hydrogens (tertiary/aromatic N) is 1. The third-order valence-corrected chi connectivity index (χ3v) is 7.19. The highest BCUT2D eigenvalue weighted by molar-refractivity contribution is 7.89. The number of sulfonamides is 1. The van der Waals surface area contributed by atoms with Crippen molar-refractivity contribution in [3.63, 3.8) is 0 Å². The van der Waals surface area contributed by atoms with E-state index in [-0.39, 0.29) is 35.7 Å². The Morgan fingerprint density at radius 3 is 2.55 bits per heavy atom. The molecule has 0 spiro atoms. The first-order valence-corrected chi connectivity index (χ1v) is 11.7. The van der Waals surface area contributed by atoms with Gasteiger partial charge in [0.2, 0.25) is 10.0 Å². The Labute approximate surface area is 194 Å². The normalized spacial score (nSPS) is 19.5. The molecule has 2 atom stereocenters. The largest absolute Gasteiger partial charge is 0.460 e. The van der Waals surface area contributed by atoms with Gasteiger partial charge in [0.15, 0.2) is 0 Å². The number of aliphatic hydroxyl groups excluding tert-OH is 1. The lowest BCUT2D eigenvalue weighted by Crippen LogP contribution is -2.41. The average molecular weight is 503 g/mol. The van der Waals surface area contributed by atoms with Gasteiger partial charge in [0.05, 0.1) is 5.02 Å². The first kappa shape index (κ1) is 25.0. The van der Waals surface area contributed by atoms with Gasteiger partial charge in [-0.2, -0.15) is 4.31 Å². The first-order valence-electron chi connectivity index (χ1n) is 9.90. The molecule has 178 valence electrons. The Morgan fingerprint density at radius 2 is 1.88 bits per heavy atom. The SMILES string of the molecule is CC(=O)O[C@@H]1CCCN(S(=O)(=O)c2cc(C(=O)Nc3ccc(F)c(Cl)c3)ccc2F)C[C@@H]1O. The molecule has 0 unspecified atom stereocenters. The maximum Gasteiger partial charge on any atom is 0.302 e. The fourth-order valence-electron chi connectivity index (χ4n) is 3.41. The van der Waals surface area contributed by atoms with Gasteiger partial charge in [0.25, 0.3) is 5.91 Å². The number of hydrogen-bond donors (Lipinski definition) is 2. The van der Waals surface area contributed by atoms with E-state index in [0.29, 0.717) is 0 Å². The number of hydrogen-bond acceptors (Lipinski definition) is 6. The second-order valence-electron chi connectivity index (χ2n) is 7.45. The van der Waals surface area contributed by atoms with Crippen LogP contribution < -0.4 is 5.32 Å². The van der Waals surface area contributed by atoms with E-state index < -0.39 is 57.2 Å². The second-order valence-corrected chi connectivity index (χ2v) is 9.76. The number of carbonyl (C=O) groups excluding carboxylic acids is 2. The maximum atomic E-state index is 14.5. The summed E-state index contributed by atoms with van der Waals surface area (Å²) >= 11 is 5.69. The zero-order valence-corrected chi connectivity index (χ0v) is 19.0. The minimum atomic E-state index is -4.43. The van der Waals surface area contributed by atoms with Crippen molar-refractivity contribution in [2.45, 2.75) is 36.9 Å². The van der Waals surface area contributed by atoms with Crippen molar-refractivity contribution in [1.82, 2.24) is 4.31 Å². The molecule has 0 bridgehead atoms. The van der Waals surface area contributed by atoms with Crippen LogP contribution in [-0.4, -0.2) is 55.0 Å². The van der Waals surface area contributed by atoms with Crippen molar-refractivity contribution in [2.24, 2.45) is 0 Å². The number of β-amino-alcohol motifs (C(OH)–C–C–N with tert-alkyl or cyclic N) is 1. The molecule has 2 N–H and O–H groups in total. The summed E-state index contributed by atoms with van der Waals surface area (Å²) in [6.07, 6.45) is -1.68. The smallest absolute Gasteiger partial charge is 0.302 e. The van der Waals surface area contributed by atoms with Gasteiger partial charge in [-0.1, -0.05) is 11.6 Å². The number of ether oxygens (including phenoxy) is 1. The topological polar surface area (TPSA) is 113 Å². The van der Waals surface area contributed by atoms with Gasteiger partial charge in [-0.15, -0.1) is 0 Å². The van der Waals surface area contributed by atoms with E-state index in [1.54, 1.807) is 0 Å². The van der Waals surface area contributed by atoms with Crippen LogP contribution in [0.5, 0.6) is 0 Å². The first-order chi connectivity index (χ1) is 15.5. The maximum absolute atomic E-state index is 14.5. The molecule has 8 nitrogen and oxygen atoms in total. The Bertz CT molecular complexity index is 1180. The molecule has 2 aromatic rings. The van der Waals surface area contributed by atoms with E-state index in [4.69, 9.17) is 16.3 Å². The summed E-state index contributed by atoms with van der Waals surface area (Å²) in [7, 11) is -4.43. The van der Waals surface area contributed by atoms with Crippen LogP contribution in [0, 0.1) is 11.6 Å². The van der Waals surface area contributed by atoms with Gasteiger partial charge in [-0.25, -0.2) is 17.2 Å². The highest BCUT2D eigenvalue weighted by Gasteiger charge is 2.35. The number of halogens is 3. The Kier molecular flexibility index (Phi) is 7.68. The van der Waals surface area contributed by atoms with E-state index in [9.17, 15) is 31.9 Å². The summed E-state index contributed by atoms with van der Waals surface area (Å²) < 4.78 is 60.0. The molecule has 0 saturated carbocycles. The van der Waals surface area contributed by atoms with E-state index in [1.165, 1.54) is 19.1 Å². The molecule has 1 saturated heterocycles. The highest BCUT2D eigenvalue weighted by Crippen LogP contribution is 2.26. The van der Waals surface area contributed by atoms with Crippen molar-refractivity contribution in [3.05, 3.63) is 58.6 Å². The number of rotatable bonds is 5. The Hall–Kier alpha value is -2.60. The third-order valence-electron chi connectivity index (χ3n) is 5.02. The summed E-state index contributed by atoms with van der Waals surface area (Å²) in [6.45, 7) is 0.725. The van der Waals surface area contributed by atoms with Crippen molar-refractivity contribution in [1.29, 1.82) is 0 Å². The fraction of sp³-hybridized carbons (Fsp3) is 0.333. The minimum Gasteiger partial charge on any atom is -0.460 e. The quantitative estimate of drug-likeness (QED) is 0.608. The minimum absolute atomic E-state index is 0.0406. The molecule has 1 fully saturated rings. The summed E-state index contributed by atoms with van der Waals surface area (Å²) in [5.41, 5.74) is -0.00383. The summed E-state index contributed by atoms with van der Waals surface area (Å²) in [4.78, 5) is 23.0. The molecule has 0 radical (unpaired) electrons. The number of carbonyl (C=O) groups is 2. The van der Waals surface area contributed by atoms with Gasteiger partial charge in [0, 0.05) is 31.3 Å². The number of aliphatic hydroxyl groups is 1. The van der Waals surface area contributed by atoms with Gasteiger partial charge in [0.1, 0.15) is 28.7 Å². The zero-order chi connectivity index (χ0) is 24.3. The lowest BCUT2D eigenvalue weighted by atomic mass is 10.1. The Balaban J connectivity index is 1.84. The van der Waals surface area contributed by atoms with Gasteiger partial charge >= 0.3 is 5.97 Å². The summed E-state index contributed by atoms with van der Waals surface area (Å²) in [5.74, 6) is -3.13. The lowest BCUT2D eigenvalue weighted by Gasteiger charge is -2.24. The summed E-state index contributed by atoms with van der Waals surface area (Å²) in [6, 6.07) is 6.31. The van der Waals surface area contributed by atoms with Crippen LogP contribution in [0.25, 0.3) is 0 Å². The van der Waals surface area contributed by atoms with Crippen molar-refractivity contribution < 1.29 is 36.6 Å². The highest BCUT2D eigenvalue weighted by atomic mass is 35.5. The van der Waals surface area contributed by atoms with Crippen molar-refractivity contribution >= 4 is 39.2 Å². The van der Waals surface area contributed by atoms with Crippen LogP contribution in [0.3, 0.4) is 0 Å². The average Bonchev–Trinajstić information content (AvgIpc) is 2.92.